The molecule has 1 aliphatic heterocycles. The van der Waals surface area contributed by atoms with Gasteiger partial charge in [-0.05, 0) is 44.1 Å². The van der Waals surface area contributed by atoms with Crippen LogP contribution in [0.2, 0.25) is 0 Å². The standard InChI is InChI=1S/C14H20BNO3S/c1-13(2)14(3,4)19-15(18-13)12(6-16)5-10-8-20-9-11(10)7-17/h5,7-9H,6,16H2,1-4H3. The summed E-state index contributed by atoms with van der Waals surface area (Å²) in [6.07, 6.45) is 2.74. The van der Waals surface area contributed by atoms with Crippen molar-refractivity contribution in [2.24, 2.45) is 5.73 Å². The van der Waals surface area contributed by atoms with Crippen molar-refractivity contribution in [2.45, 2.75) is 38.9 Å². The highest BCUT2D eigenvalue weighted by molar-refractivity contribution is 7.08. The van der Waals surface area contributed by atoms with Crippen LogP contribution in [0.3, 0.4) is 0 Å². The first kappa shape index (κ1) is 15.4. The Labute approximate surface area is 124 Å². The van der Waals surface area contributed by atoms with Gasteiger partial charge in [0.15, 0.2) is 6.29 Å². The first-order valence-corrected chi connectivity index (χ1v) is 7.52. The Morgan fingerprint density at radius 3 is 2.30 bits per heavy atom. The van der Waals surface area contributed by atoms with Gasteiger partial charge in [0.05, 0.1) is 11.2 Å². The van der Waals surface area contributed by atoms with E-state index in [0.29, 0.717) is 12.1 Å². The molecule has 0 aliphatic carbocycles. The normalized spacial score (nSPS) is 21.2. The molecule has 20 heavy (non-hydrogen) atoms. The molecule has 0 aromatic carbocycles. The van der Waals surface area contributed by atoms with E-state index in [1.165, 1.54) is 11.3 Å². The number of hydrogen-bond donors (Lipinski definition) is 1. The molecule has 108 valence electrons. The largest absolute Gasteiger partial charge is 0.491 e. The molecule has 0 bridgehead atoms. The second-order valence-electron chi connectivity index (χ2n) is 5.91. The summed E-state index contributed by atoms with van der Waals surface area (Å²) in [5, 5.41) is 3.74. The van der Waals surface area contributed by atoms with Crippen molar-refractivity contribution in [1.29, 1.82) is 0 Å². The average molecular weight is 293 g/mol. The highest BCUT2D eigenvalue weighted by Crippen LogP contribution is 2.38. The predicted octanol–water partition coefficient (Wildman–Crippen LogP) is 2.53. The van der Waals surface area contributed by atoms with Gasteiger partial charge in [-0.1, -0.05) is 6.08 Å². The average Bonchev–Trinajstić information content (AvgIpc) is 2.88. The quantitative estimate of drug-likeness (QED) is 0.684. The van der Waals surface area contributed by atoms with Gasteiger partial charge in [-0.3, -0.25) is 4.79 Å². The second-order valence-corrected chi connectivity index (χ2v) is 6.66. The molecular weight excluding hydrogens is 273 g/mol. The molecule has 2 N–H and O–H groups in total. The molecule has 0 radical (unpaired) electrons. The minimum Gasteiger partial charge on any atom is -0.400 e. The number of carbonyl (C=O) groups is 1. The van der Waals surface area contributed by atoms with Crippen LogP contribution < -0.4 is 5.73 Å². The lowest BCUT2D eigenvalue weighted by Gasteiger charge is -2.32. The molecule has 0 unspecified atom stereocenters. The van der Waals surface area contributed by atoms with Gasteiger partial charge in [0.2, 0.25) is 0 Å². The summed E-state index contributed by atoms with van der Waals surface area (Å²) < 4.78 is 12.0. The predicted molar refractivity (Wildman–Crippen MR) is 82.8 cm³/mol. The summed E-state index contributed by atoms with van der Waals surface area (Å²) in [4.78, 5) is 11.0. The maximum atomic E-state index is 11.0. The van der Waals surface area contributed by atoms with Crippen LogP contribution in [0.25, 0.3) is 6.08 Å². The Bertz CT molecular complexity index is 520. The first-order chi connectivity index (χ1) is 9.30. The zero-order valence-electron chi connectivity index (χ0n) is 12.3. The molecule has 0 amide bonds. The van der Waals surface area contributed by atoms with Crippen molar-refractivity contribution < 1.29 is 14.1 Å². The lowest BCUT2D eigenvalue weighted by Crippen LogP contribution is -2.41. The van der Waals surface area contributed by atoms with Gasteiger partial charge in [0, 0.05) is 17.5 Å². The molecule has 0 atom stereocenters. The van der Waals surface area contributed by atoms with Gasteiger partial charge in [0.1, 0.15) is 0 Å². The van der Waals surface area contributed by atoms with Crippen molar-refractivity contribution in [3.05, 3.63) is 27.4 Å². The van der Waals surface area contributed by atoms with Gasteiger partial charge >= 0.3 is 7.12 Å². The second kappa shape index (κ2) is 5.45. The summed E-state index contributed by atoms with van der Waals surface area (Å²) in [6.45, 7) is 8.33. The van der Waals surface area contributed by atoms with Gasteiger partial charge in [-0.25, -0.2) is 0 Å². The molecule has 2 rings (SSSR count). The molecule has 0 saturated carbocycles. The number of nitrogens with two attached hydrogens (primary N) is 1. The lowest BCUT2D eigenvalue weighted by molar-refractivity contribution is 0.00578. The van der Waals surface area contributed by atoms with Crippen molar-refractivity contribution >= 4 is 30.8 Å². The molecule has 1 saturated heterocycles. The highest BCUT2D eigenvalue weighted by Gasteiger charge is 2.52. The number of thiophene rings is 1. The van der Waals surface area contributed by atoms with Crippen LogP contribution in [-0.2, 0) is 9.31 Å². The SMILES string of the molecule is CC1(C)OB(C(=Cc2cscc2C=O)CN)OC1(C)C. The lowest BCUT2D eigenvalue weighted by atomic mass is 9.77. The molecule has 1 fully saturated rings. The smallest absolute Gasteiger partial charge is 0.400 e. The molecule has 1 aromatic heterocycles. The van der Waals surface area contributed by atoms with E-state index in [2.05, 4.69) is 0 Å². The third-order valence-corrected chi connectivity index (χ3v) is 4.76. The van der Waals surface area contributed by atoms with Crippen LogP contribution in [0.15, 0.2) is 16.2 Å². The Balaban J connectivity index is 2.29. The highest BCUT2D eigenvalue weighted by atomic mass is 32.1. The third kappa shape index (κ3) is 2.74. The first-order valence-electron chi connectivity index (χ1n) is 6.58. The molecule has 4 nitrogen and oxygen atoms in total. The minimum absolute atomic E-state index is 0.324. The summed E-state index contributed by atoms with van der Waals surface area (Å²) in [7, 11) is -0.468. The van der Waals surface area contributed by atoms with Gasteiger partial charge in [-0.2, -0.15) is 11.3 Å². The molecule has 1 aromatic rings. The van der Waals surface area contributed by atoms with Crippen molar-refractivity contribution in [3.63, 3.8) is 0 Å². The van der Waals surface area contributed by atoms with Crippen LogP contribution >= 0.6 is 11.3 Å². The van der Waals surface area contributed by atoms with Gasteiger partial charge < -0.3 is 15.0 Å². The van der Waals surface area contributed by atoms with E-state index in [-0.39, 0.29) is 0 Å². The number of carbonyl (C=O) groups excluding carboxylic acids is 1. The summed E-state index contributed by atoms with van der Waals surface area (Å²) in [5.74, 6) is 0. The fourth-order valence-corrected chi connectivity index (χ4v) is 2.70. The number of rotatable bonds is 4. The van der Waals surface area contributed by atoms with Crippen LogP contribution in [0.1, 0.15) is 43.6 Å². The van der Waals surface area contributed by atoms with Gasteiger partial charge in [0.25, 0.3) is 0 Å². The fourth-order valence-electron chi connectivity index (χ4n) is 1.95. The summed E-state index contributed by atoms with van der Waals surface area (Å²) in [6, 6.07) is 0. The molecule has 1 aliphatic rings. The van der Waals surface area contributed by atoms with Crippen LogP contribution in [0.4, 0.5) is 0 Å². The molecule has 0 spiro atoms. The zero-order valence-corrected chi connectivity index (χ0v) is 13.1. The van der Waals surface area contributed by atoms with E-state index in [4.69, 9.17) is 15.0 Å². The monoisotopic (exact) mass is 293 g/mol. The van der Waals surface area contributed by atoms with E-state index < -0.39 is 18.3 Å². The van der Waals surface area contributed by atoms with E-state index >= 15 is 0 Å². The third-order valence-electron chi connectivity index (χ3n) is 3.98. The van der Waals surface area contributed by atoms with E-state index in [1.807, 2.05) is 44.5 Å². The topological polar surface area (TPSA) is 61.5 Å². The Hall–Kier alpha value is -0.945. The van der Waals surface area contributed by atoms with Crippen LogP contribution in [-0.4, -0.2) is 31.2 Å². The maximum absolute atomic E-state index is 11.0. The van der Waals surface area contributed by atoms with Crippen molar-refractivity contribution in [3.8, 4) is 0 Å². The zero-order chi connectivity index (χ0) is 15.0. The van der Waals surface area contributed by atoms with Crippen molar-refractivity contribution in [1.82, 2.24) is 0 Å². The van der Waals surface area contributed by atoms with E-state index in [1.54, 1.807) is 0 Å². The Morgan fingerprint density at radius 1 is 1.25 bits per heavy atom. The summed E-state index contributed by atoms with van der Waals surface area (Å²) in [5.41, 5.74) is 7.40. The van der Waals surface area contributed by atoms with Crippen molar-refractivity contribution in [2.75, 3.05) is 6.54 Å². The summed E-state index contributed by atoms with van der Waals surface area (Å²) >= 11 is 1.49. The molecule has 6 heteroatoms. The Morgan fingerprint density at radius 2 is 1.80 bits per heavy atom. The van der Waals surface area contributed by atoms with Gasteiger partial charge in [-0.15, -0.1) is 0 Å². The maximum Gasteiger partial charge on any atom is 0.491 e. The number of hydrogen-bond acceptors (Lipinski definition) is 5. The van der Waals surface area contributed by atoms with Crippen LogP contribution in [0.5, 0.6) is 0 Å². The fraction of sp³-hybridized carbons (Fsp3) is 0.500. The number of aldehydes is 1. The minimum atomic E-state index is -0.468. The molecule has 2 heterocycles. The Kier molecular flexibility index (Phi) is 4.20. The van der Waals surface area contributed by atoms with Crippen LogP contribution in [0, 0.1) is 0 Å². The van der Waals surface area contributed by atoms with E-state index in [9.17, 15) is 4.79 Å². The molecular formula is C14H20BNO3S. The van der Waals surface area contributed by atoms with E-state index in [0.717, 1.165) is 17.3 Å².